The Bertz CT molecular complexity index is 1510. The van der Waals surface area contributed by atoms with Gasteiger partial charge in [-0.15, -0.1) is 0 Å². The fourth-order valence-corrected chi connectivity index (χ4v) is 5.07. The van der Waals surface area contributed by atoms with Crippen LogP contribution in [0.4, 0.5) is 10.5 Å². The number of amides is 2. The predicted octanol–water partition coefficient (Wildman–Crippen LogP) is 5.61. The molecule has 44 heavy (non-hydrogen) atoms. The van der Waals surface area contributed by atoms with Crippen LogP contribution in [0.25, 0.3) is 11.1 Å². The van der Waals surface area contributed by atoms with Gasteiger partial charge in [-0.25, -0.2) is 14.8 Å². The second-order valence-electron chi connectivity index (χ2n) is 10.5. The van der Waals surface area contributed by atoms with Crippen LogP contribution in [0.5, 0.6) is 5.75 Å². The first kappa shape index (κ1) is 30.7. The molecular weight excluding hydrogens is 554 g/mol. The van der Waals surface area contributed by atoms with Crippen molar-refractivity contribution < 1.29 is 19.4 Å². The minimum absolute atomic E-state index is 0.0384. The lowest BCUT2D eigenvalue weighted by molar-refractivity contribution is -0.121. The molecule has 1 saturated heterocycles. The van der Waals surface area contributed by atoms with E-state index in [1.165, 1.54) is 0 Å². The van der Waals surface area contributed by atoms with Gasteiger partial charge in [0.15, 0.2) is 0 Å². The Morgan fingerprint density at radius 3 is 2.30 bits per heavy atom. The minimum atomic E-state index is -0.503. The number of carbonyl (C=O) groups is 2. The van der Waals surface area contributed by atoms with Gasteiger partial charge >= 0.3 is 6.09 Å². The van der Waals surface area contributed by atoms with Crippen LogP contribution in [0.3, 0.4) is 0 Å². The normalized spacial score (nSPS) is 13.3. The van der Waals surface area contributed by atoms with E-state index in [4.69, 9.17) is 4.74 Å². The molecule has 0 bridgehead atoms. The molecule has 0 unspecified atom stereocenters. The van der Waals surface area contributed by atoms with Crippen LogP contribution in [0, 0.1) is 6.42 Å². The molecule has 0 atom stereocenters. The van der Waals surface area contributed by atoms with Gasteiger partial charge in [0, 0.05) is 31.7 Å². The standard InChI is InChI=1S/C35H38N5O4/c41-31-18-16-27(17-19-31)24-36-25-29-12-9-13-30(38-29)26-37-34(42)20-23-44-35(43)40(39-21-7-2-8-22-39)33-15-6-5-14-32(33)28-10-3-1-4-11-28/h1-6,9-19,36,41H,7-8,20-26H2,(H,37,42). The molecule has 1 fully saturated rings. The third-order valence-corrected chi connectivity index (χ3v) is 7.31. The number of hydrogen-bond acceptors (Lipinski definition) is 7. The molecule has 9 heteroatoms. The van der Waals surface area contributed by atoms with Crippen LogP contribution >= 0.6 is 0 Å². The van der Waals surface area contributed by atoms with E-state index in [9.17, 15) is 14.7 Å². The number of nitrogens with one attached hydrogen (secondary N) is 2. The third-order valence-electron chi connectivity index (χ3n) is 7.31. The molecular formula is C35H38N5O4. The van der Waals surface area contributed by atoms with E-state index < -0.39 is 6.09 Å². The van der Waals surface area contributed by atoms with Crippen LogP contribution in [-0.2, 0) is 29.2 Å². The quantitative estimate of drug-likeness (QED) is 0.196. The SMILES string of the molecule is O=C(CCOC(=O)N(c1ccccc1-c1ccccc1)N1CC[CH]CC1)NCc1cccc(CNCc2ccc(O)cc2)n1. The highest BCUT2D eigenvalue weighted by molar-refractivity contribution is 5.93. The average Bonchev–Trinajstić information content (AvgIpc) is 3.06. The van der Waals surface area contributed by atoms with Gasteiger partial charge in [-0.3, -0.25) is 9.78 Å². The second kappa shape index (κ2) is 15.7. The average molecular weight is 593 g/mol. The molecule has 0 spiro atoms. The fraction of sp³-hybridized carbons (Fsp3) is 0.257. The van der Waals surface area contributed by atoms with Crippen LogP contribution in [-0.4, -0.2) is 46.8 Å². The smallest absolute Gasteiger partial charge is 0.429 e. The van der Waals surface area contributed by atoms with Gasteiger partial charge in [-0.1, -0.05) is 66.7 Å². The number of nitrogens with zero attached hydrogens (tertiary/aromatic N) is 3. The Hall–Kier alpha value is -4.73. The molecule has 1 radical (unpaired) electrons. The van der Waals surface area contributed by atoms with Crippen LogP contribution in [0.1, 0.15) is 36.2 Å². The number of benzene rings is 3. The number of piperidine rings is 1. The number of hydrazine groups is 1. The highest BCUT2D eigenvalue weighted by Crippen LogP contribution is 2.33. The molecule has 2 amide bonds. The number of aromatic hydroxyl groups is 1. The Morgan fingerprint density at radius 1 is 0.818 bits per heavy atom. The summed E-state index contributed by atoms with van der Waals surface area (Å²) >= 11 is 0. The van der Waals surface area contributed by atoms with E-state index in [1.54, 1.807) is 17.1 Å². The van der Waals surface area contributed by atoms with E-state index in [0.717, 1.165) is 46.6 Å². The van der Waals surface area contributed by atoms with Gasteiger partial charge in [0.25, 0.3) is 0 Å². The van der Waals surface area contributed by atoms with E-state index >= 15 is 0 Å². The maximum atomic E-state index is 13.5. The van der Waals surface area contributed by atoms with Crippen LogP contribution in [0.2, 0.25) is 0 Å². The van der Waals surface area contributed by atoms with Gasteiger partial charge < -0.3 is 20.5 Å². The molecule has 0 saturated carbocycles. The van der Waals surface area contributed by atoms with E-state index in [-0.39, 0.29) is 31.2 Å². The maximum Gasteiger partial charge on any atom is 0.429 e. The zero-order chi connectivity index (χ0) is 30.6. The topological polar surface area (TPSA) is 107 Å². The molecule has 227 valence electrons. The van der Waals surface area contributed by atoms with Gasteiger partial charge in [-0.2, -0.15) is 0 Å². The zero-order valence-electron chi connectivity index (χ0n) is 24.7. The van der Waals surface area contributed by atoms with Crippen molar-refractivity contribution in [2.24, 2.45) is 0 Å². The summed E-state index contributed by atoms with van der Waals surface area (Å²) in [5.74, 6) is 0.0190. The first-order chi connectivity index (χ1) is 21.6. The summed E-state index contributed by atoms with van der Waals surface area (Å²) in [6.45, 7) is 2.86. The van der Waals surface area contributed by atoms with Crippen molar-refractivity contribution in [3.63, 3.8) is 0 Å². The molecule has 2 heterocycles. The lowest BCUT2D eigenvalue weighted by Crippen LogP contribution is -2.50. The van der Waals surface area contributed by atoms with Crippen LogP contribution in [0.15, 0.2) is 97.1 Å². The summed E-state index contributed by atoms with van der Waals surface area (Å²) in [6, 6.07) is 30.5. The van der Waals surface area contributed by atoms with Crippen molar-refractivity contribution in [2.45, 2.75) is 38.9 Å². The number of pyridine rings is 1. The molecule has 1 aliphatic heterocycles. The number of aromatic nitrogens is 1. The summed E-state index contributed by atoms with van der Waals surface area (Å²) in [7, 11) is 0. The van der Waals surface area contributed by atoms with Crippen molar-refractivity contribution in [2.75, 3.05) is 24.7 Å². The van der Waals surface area contributed by atoms with Gasteiger partial charge in [0.1, 0.15) is 12.4 Å². The van der Waals surface area contributed by atoms with Crippen molar-refractivity contribution in [1.82, 2.24) is 20.6 Å². The lowest BCUT2D eigenvalue weighted by Gasteiger charge is -2.37. The molecule has 3 N–H and O–H groups in total. The van der Waals surface area contributed by atoms with Gasteiger partial charge in [0.05, 0.1) is 30.0 Å². The van der Waals surface area contributed by atoms with Crippen LogP contribution < -0.4 is 15.6 Å². The summed E-state index contributed by atoms with van der Waals surface area (Å²) in [5.41, 5.74) is 5.35. The van der Waals surface area contributed by atoms with Gasteiger partial charge in [0.2, 0.25) is 5.91 Å². The summed E-state index contributed by atoms with van der Waals surface area (Å²) in [6.07, 6.45) is 3.53. The number of ether oxygens (including phenoxy) is 1. The van der Waals surface area contributed by atoms with E-state index in [1.807, 2.05) is 89.9 Å². The third kappa shape index (κ3) is 8.65. The molecule has 4 aromatic rings. The Morgan fingerprint density at radius 2 is 1.52 bits per heavy atom. The Balaban J connectivity index is 1.13. The summed E-state index contributed by atoms with van der Waals surface area (Å²) in [5, 5.41) is 19.3. The van der Waals surface area contributed by atoms with Crippen molar-refractivity contribution >= 4 is 17.7 Å². The molecule has 5 rings (SSSR count). The largest absolute Gasteiger partial charge is 0.508 e. The predicted molar refractivity (Wildman–Crippen MR) is 170 cm³/mol. The van der Waals surface area contributed by atoms with Crippen molar-refractivity contribution in [3.05, 3.63) is 120 Å². The number of anilines is 1. The number of carbonyl (C=O) groups excluding carboxylic acids is 2. The Kier molecular flexibility index (Phi) is 10.9. The molecule has 3 aromatic carbocycles. The lowest BCUT2D eigenvalue weighted by atomic mass is 10.0. The fourth-order valence-electron chi connectivity index (χ4n) is 5.07. The highest BCUT2D eigenvalue weighted by Gasteiger charge is 2.28. The van der Waals surface area contributed by atoms with Gasteiger partial charge in [-0.05, 0) is 60.7 Å². The first-order valence-corrected chi connectivity index (χ1v) is 14.9. The highest BCUT2D eigenvalue weighted by atomic mass is 16.6. The summed E-state index contributed by atoms with van der Waals surface area (Å²) in [4.78, 5) is 30.8. The monoisotopic (exact) mass is 592 g/mol. The number of para-hydroxylation sites is 1. The number of phenols is 1. The number of hydrogen-bond donors (Lipinski definition) is 3. The minimum Gasteiger partial charge on any atom is -0.508 e. The first-order valence-electron chi connectivity index (χ1n) is 14.9. The number of phenolic OH excluding ortho intramolecular Hbond substituents is 1. The molecule has 1 aliphatic rings. The van der Waals surface area contributed by atoms with Crippen molar-refractivity contribution in [3.8, 4) is 16.9 Å². The second-order valence-corrected chi connectivity index (χ2v) is 10.5. The maximum absolute atomic E-state index is 13.5. The molecule has 1 aromatic heterocycles. The molecule has 9 nitrogen and oxygen atoms in total. The van der Waals surface area contributed by atoms with Crippen molar-refractivity contribution in [1.29, 1.82) is 0 Å². The summed E-state index contributed by atoms with van der Waals surface area (Å²) < 4.78 is 5.67. The van der Waals surface area contributed by atoms with E-state index in [2.05, 4.69) is 22.0 Å². The molecule has 0 aliphatic carbocycles. The van der Waals surface area contributed by atoms with E-state index in [0.29, 0.717) is 26.2 Å². The number of rotatable bonds is 12. The zero-order valence-corrected chi connectivity index (χ0v) is 24.7. The Labute approximate surface area is 258 Å².